The van der Waals surface area contributed by atoms with Crippen LogP contribution in [0.3, 0.4) is 0 Å². The normalized spacial score (nSPS) is 29.7. The van der Waals surface area contributed by atoms with Crippen LogP contribution in [0.2, 0.25) is 5.02 Å². The fraction of sp³-hybridized carbons (Fsp3) is 0.500. The van der Waals surface area contributed by atoms with Crippen molar-refractivity contribution in [3.63, 3.8) is 0 Å². The van der Waals surface area contributed by atoms with Gasteiger partial charge in [-0.25, -0.2) is 0 Å². The number of hydrogen-bond acceptors (Lipinski definition) is 1. The van der Waals surface area contributed by atoms with Crippen LogP contribution in [0.4, 0.5) is 0 Å². The minimum atomic E-state index is -0.175. The average molecular weight is 211 g/mol. The summed E-state index contributed by atoms with van der Waals surface area (Å²) in [7, 11) is 0. The summed E-state index contributed by atoms with van der Waals surface area (Å²) in [6.07, 6.45) is 0.680. The third-order valence-corrected chi connectivity index (χ3v) is 3.70. The molecule has 0 heterocycles. The molecule has 0 aromatic heterocycles. The van der Waals surface area contributed by atoms with Crippen LogP contribution in [-0.4, -0.2) is 11.2 Å². The second-order valence-corrected chi connectivity index (χ2v) is 5.12. The Hall–Kier alpha value is -0.530. The van der Waals surface area contributed by atoms with Crippen molar-refractivity contribution in [1.29, 1.82) is 0 Å². The van der Waals surface area contributed by atoms with Gasteiger partial charge in [0.15, 0.2) is 0 Å². The van der Waals surface area contributed by atoms with Crippen LogP contribution < -0.4 is 0 Å². The lowest BCUT2D eigenvalue weighted by molar-refractivity contribution is -0.0625. The molecule has 0 aliphatic heterocycles. The Bertz CT molecular complexity index is 346. The highest BCUT2D eigenvalue weighted by atomic mass is 35.5. The molecule has 1 aliphatic rings. The lowest BCUT2D eigenvalue weighted by Crippen LogP contribution is -2.47. The van der Waals surface area contributed by atoms with Gasteiger partial charge in [-0.15, -0.1) is 0 Å². The molecule has 1 aliphatic carbocycles. The fourth-order valence-corrected chi connectivity index (χ4v) is 2.39. The van der Waals surface area contributed by atoms with Gasteiger partial charge in [-0.1, -0.05) is 37.6 Å². The Labute approximate surface area is 89.7 Å². The summed E-state index contributed by atoms with van der Waals surface area (Å²) >= 11 is 5.94. The van der Waals surface area contributed by atoms with E-state index >= 15 is 0 Å². The number of benzene rings is 1. The van der Waals surface area contributed by atoms with E-state index in [1.807, 2.05) is 18.2 Å². The van der Waals surface area contributed by atoms with Crippen LogP contribution in [0.1, 0.15) is 31.7 Å². The summed E-state index contributed by atoms with van der Waals surface area (Å²) < 4.78 is 0. The molecule has 0 saturated heterocycles. The molecule has 0 radical (unpaired) electrons. The molecule has 2 atom stereocenters. The molecule has 2 heteroatoms. The molecule has 1 nitrogen and oxygen atoms in total. The predicted molar refractivity (Wildman–Crippen MR) is 58.6 cm³/mol. The topological polar surface area (TPSA) is 20.2 Å². The molecule has 2 unspecified atom stereocenters. The van der Waals surface area contributed by atoms with E-state index in [2.05, 4.69) is 19.9 Å². The summed E-state index contributed by atoms with van der Waals surface area (Å²) in [5.74, 6) is 0.441. The largest absolute Gasteiger partial charge is 0.393 e. The van der Waals surface area contributed by atoms with E-state index in [0.717, 1.165) is 11.4 Å². The SMILES string of the molecule is CC1(C)C(O)CC1c1cccc(Cl)c1. The minimum Gasteiger partial charge on any atom is -0.393 e. The summed E-state index contributed by atoms with van der Waals surface area (Å²) in [6, 6.07) is 7.94. The average Bonchev–Trinajstić information content (AvgIpc) is 2.14. The van der Waals surface area contributed by atoms with Crippen molar-refractivity contribution in [3.05, 3.63) is 34.9 Å². The first-order chi connectivity index (χ1) is 6.51. The number of aliphatic hydroxyl groups excluding tert-OH is 1. The lowest BCUT2D eigenvalue weighted by atomic mass is 9.58. The Morgan fingerprint density at radius 1 is 1.43 bits per heavy atom. The van der Waals surface area contributed by atoms with E-state index in [9.17, 15) is 5.11 Å². The van der Waals surface area contributed by atoms with Crippen molar-refractivity contribution in [1.82, 2.24) is 0 Å². The molecule has 0 amide bonds. The second-order valence-electron chi connectivity index (χ2n) is 4.68. The fourth-order valence-electron chi connectivity index (χ4n) is 2.19. The molecule has 1 N–H and O–H groups in total. The molecule has 76 valence electrons. The van der Waals surface area contributed by atoms with Gasteiger partial charge in [0.25, 0.3) is 0 Å². The van der Waals surface area contributed by atoms with Crippen LogP contribution in [-0.2, 0) is 0 Å². The Morgan fingerprint density at radius 3 is 2.64 bits per heavy atom. The Balaban J connectivity index is 2.26. The standard InChI is InChI=1S/C12H15ClO/c1-12(2)10(7-11(12)14)8-4-3-5-9(13)6-8/h3-6,10-11,14H,7H2,1-2H3. The highest BCUT2D eigenvalue weighted by Gasteiger charge is 2.47. The zero-order valence-corrected chi connectivity index (χ0v) is 9.25. The van der Waals surface area contributed by atoms with Crippen molar-refractivity contribution >= 4 is 11.6 Å². The van der Waals surface area contributed by atoms with E-state index in [-0.39, 0.29) is 11.5 Å². The maximum atomic E-state index is 9.64. The molecule has 1 aromatic rings. The maximum absolute atomic E-state index is 9.64. The monoisotopic (exact) mass is 210 g/mol. The molecular formula is C12H15ClO. The van der Waals surface area contributed by atoms with Crippen molar-refractivity contribution in [2.45, 2.75) is 32.3 Å². The zero-order chi connectivity index (χ0) is 10.3. The van der Waals surface area contributed by atoms with Crippen LogP contribution in [0.5, 0.6) is 0 Å². The minimum absolute atomic E-state index is 0.00924. The van der Waals surface area contributed by atoms with E-state index in [4.69, 9.17) is 11.6 Å². The zero-order valence-electron chi connectivity index (χ0n) is 8.50. The highest BCUT2D eigenvalue weighted by molar-refractivity contribution is 6.30. The van der Waals surface area contributed by atoms with Crippen molar-refractivity contribution < 1.29 is 5.11 Å². The van der Waals surface area contributed by atoms with Gasteiger partial charge in [0.05, 0.1) is 6.10 Å². The van der Waals surface area contributed by atoms with Gasteiger partial charge in [0.1, 0.15) is 0 Å². The second kappa shape index (κ2) is 3.25. The van der Waals surface area contributed by atoms with E-state index < -0.39 is 0 Å². The summed E-state index contributed by atoms with van der Waals surface area (Å²) in [6.45, 7) is 4.21. The molecule has 0 spiro atoms. The molecule has 0 bridgehead atoms. The third-order valence-electron chi connectivity index (χ3n) is 3.47. The smallest absolute Gasteiger partial charge is 0.0603 e. The summed E-state index contributed by atoms with van der Waals surface area (Å²) in [4.78, 5) is 0. The van der Waals surface area contributed by atoms with Crippen LogP contribution in [0.25, 0.3) is 0 Å². The first-order valence-corrected chi connectivity index (χ1v) is 5.33. The molecule has 2 rings (SSSR count). The van der Waals surface area contributed by atoms with Crippen molar-refractivity contribution in [3.8, 4) is 0 Å². The maximum Gasteiger partial charge on any atom is 0.0603 e. The van der Waals surface area contributed by atoms with Gasteiger partial charge in [0.2, 0.25) is 0 Å². The van der Waals surface area contributed by atoms with Crippen LogP contribution >= 0.6 is 11.6 Å². The van der Waals surface area contributed by atoms with E-state index in [1.165, 1.54) is 5.56 Å². The van der Waals surface area contributed by atoms with Gasteiger partial charge in [0, 0.05) is 5.02 Å². The molecule has 1 fully saturated rings. The summed E-state index contributed by atoms with van der Waals surface area (Å²) in [5.41, 5.74) is 1.23. The predicted octanol–water partition coefficient (Wildman–Crippen LogP) is 3.21. The summed E-state index contributed by atoms with van der Waals surface area (Å²) in [5, 5.41) is 10.4. The number of aliphatic hydroxyl groups is 1. The van der Waals surface area contributed by atoms with Crippen LogP contribution in [0, 0.1) is 5.41 Å². The molecule has 14 heavy (non-hydrogen) atoms. The van der Waals surface area contributed by atoms with Crippen molar-refractivity contribution in [2.75, 3.05) is 0 Å². The van der Waals surface area contributed by atoms with Gasteiger partial charge >= 0.3 is 0 Å². The first-order valence-electron chi connectivity index (χ1n) is 4.95. The lowest BCUT2D eigenvalue weighted by Gasteiger charge is -2.49. The Kier molecular flexibility index (Phi) is 2.32. The van der Waals surface area contributed by atoms with Gasteiger partial charge in [-0.3, -0.25) is 0 Å². The van der Waals surface area contributed by atoms with Gasteiger partial charge < -0.3 is 5.11 Å². The molecule has 1 aromatic carbocycles. The quantitative estimate of drug-likeness (QED) is 0.755. The number of hydrogen-bond donors (Lipinski definition) is 1. The van der Waals surface area contributed by atoms with Gasteiger partial charge in [-0.2, -0.15) is 0 Å². The Morgan fingerprint density at radius 2 is 2.14 bits per heavy atom. The molecular weight excluding hydrogens is 196 g/mol. The van der Waals surface area contributed by atoms with Gasteiger partial charge in [-0.05, 0) is 35.4 Å². The van der Waals surface area contributed by atoms with Crippen LogP contribution in [0.15, 0.2) is 24.3 Å². The highest BCUT2D eigenvalue weighted by Crippen LogP contribution is 2.52. The number of rotatable bonds is 1. The first kappa shape index (κ1) is 10.0. The van der Waals surface area contributed by atoms with Crippen molar-refractivity contribution in [2.24, 2.45) is 5.41 Å². The number of halogens is 1. The molecule has 1 saturated carbocycles. The van der Waals surface area contributed by atoms with E-state index in [1.54, 1.807) is 0 Å². The third kappa shape index (κ3) is 1.45. The van der Waals surface area contributed by atoms with E-state index in [0.29, 0.717) is 5.92 Å².